The van der Waals surface area contributed by atoms with Gasteiger partial charge in [0.25, 0.3) is 0 Å². The van der Waals surface area contributed by atoms with Crippen molar-refractivity contribution in [3.8, 4) is 0 Å². The van der Waals surface area contributed by atoms with Crippen molar-refractivity contribution < 1.29 is 9.59 Å². The van der Waals surface area contributed by atoms with E-state index in [4.69, 9.17) is 0 Å². The van der Waals surface area contributed by atoms with E-state index in [0.717, 1.165) is 27.0 Å². The molecule has 2 amide bonds. The Hall–Kier alpha value is -2.14. The van der Waals surface area contributed by atoms with Crippen molar-refractivity contribution in [2.45, 2.75) is 20.3 Å². The van der Waals surface area contributed by atoms with Crippen LogP contribution in [-0.4, -0.2) is 11.8 Å². The fourth-order valence-electron chi connectivity index (χ4n) is 2.65. The van der Waals surface area contributed by atoms with Gasteiger partial charge in [0, 0.05) is 15.8 Å². The van der Waals surface area contributed by atoms with Crippen LogP contribution >= 0.6 is 15.9 Å². The fraction of sp³-hybridized carbons (Fsp3) is 0.263. The third-order valence-corrected chi connectivity index (χ3v) is 4.97. The summed E-state index contributed by atoms with van der Waals surface area (Å²) in [6, 6.07) is 13.2. The number of benzene rings is 2. The van der Waals surface area contributed by atoms with Crippen molar-refractivity contribution >= 4 is 39.1 Å². The quantitative estimate of drug-likeness (QED) is 0.823. The van der Waals surface area contributed by atoms with E-state index in [2.05, 4.69) is 26.6 Å². The third kappa shape index (κ3) is 3.67. The molecule has 0 heterocycles. The molecule has 1 saturated carbocycles. The van der Waals surface area contributed by atoms with Crippen molar-refractivity contribution in [2.24, 2.45) is 11.8 Å². The van der Waals surface area contributed by atoms with Gasteiger partial charge in [-0.3, -0.25) is 9.59 Å². The molecule has 24 heavy (non-hydrogen) atoms. The molecule has 3 rings (SSSR count). The zero-order valence-corrected chi connectivity index (χ0v) is 15.2. The molecule has 2 aromatic rings. The highest BCUT2D eigenvalue weighted by Crippen LogP contribution is 2.40. The summed E-state index contributed by atoms with van der Waals surface area (Å²) in [7, 11) is 0. The molecule has 2 atom stereocenters. The molecule has 124 valence electrons. The van der Waals surface area contributed by atoms with Crippen LogP contribution in [0.3, 0.4) is 0 Å². The standard InChI is InChI=1S/C19H19BrN2O2/c1-11-4-3-5-17(12(11)2)22-19(24)16-10-15(16)18(23)21-14-8-6-13(20)7-9-14/h3-9,15-16H,10H2,1-2H3,(H,21,23)(H,22,24). The van der Waals surface area contributed by atoms with Crippen LogP contribution in [0.2, 0.25) is 0 Å². The van der Waals surface area contributed by atoms with Crippen LogP contribution in [0.1, 0.15) is 17.5 Å². The van der Waals surface area contributed by atoms with Gasteiger partial charge in [0.15, 0.2) is 0 Å². The molecule has 4 nitrogen and oxygen atoms in total. The lowest BCUT2D eigenvalue weighted by Crippen LogP contribution is -2.21. The maximum Gasteiger partial charge on any atom is 0.228 e. The highest BCUT2D eigenvalue weighted by atomic mass is 79.9. The summed E-state index contributed by atoms with van der Waals surface area (Å²) in [6.07, 6.45) is 0.596. The number of hydrogen-bond acceptors (Lipinski definition) is 2. The maximum absolute atomic E-state index is 12.4. The number of carbonyl (C=O) groups excluding carboxylic acids is 2. The molecule has 0 aromatic heterocycles. The normalized spacial score (nSPS) is 18.8. The van der Waals surface area contributed by atoms with Crippen LogP contribution in [0.4, 0.5) is 11.4 Å². The third-order valence-electron chi connectivity index (χ3n) is 4.44. The minimum atomic E-state index is -0.251. The predicted octanol–water partition coefficient (Wildman–Crippen LogP) is 4.28. The summed E-state index contributed by atoms with van der Waals surface area (Å²) in [5.41, 5.74) is 3.75. The van der Waals surface area contributed by atoms with E-state index in [0.29, 0.717) is 6.42 Å². The van der Waals surface area contributed by atoms with E-state index < -0.39 is 0 Å². The largest absolute Gasteiger partial charge is 0.326 e. The van der Waals surface area contributed by atoms with Gasteiger partial charge in [-0.2, -0.15) is 0 Å². The van der Waals surface area contributed by atoms with Gasteiger partial charge in [-0.1, -0.05) is 28.1 Å². The Bertz CT molecular complexity index is 786. The summed E-state index contributed by atoms with van der Waals surface area (Å²) in [5.74, 6) is -0.683. The summed E-state index contributed by atoms with van der Waals surface area (Å²) in [4.78, 5) is 24.6. The predicted molar refractivity (Wildman–Crippen MR) is 98.9 cm³/mol. The average Bonchev–Trinajstić information content (AvgIpc) is 3.35. The second-order valence-corrected chi connectivity index (χ2v) is 7.10. The van der Waals surface area contributed by atoms with Gasteiger partial charge < -0.3 is 10.6 Å². The molecule has 0 spiro atoms. The Balaban J connectivity index is 1.58. The van der Waals surface area contributed by atoms with Crippen LogP contribution in [0.5, 0.6) is 0 Å². The molecule has 0 radical (unpaired) electrons. The number of carbonyl (C=O) groups is 2. The summed E-state index contributed by atoms with van der Waals surface area (Å²) in [5, 5.41) is 5.80. The van der Waals surface area contributed by atoms with Crippen LogP contribution in [-0.2, 0) is 9.59 Å². The minimum Gasteiger partial charge on any atom is -0.326 e. The topological polar surface area (TPSA) is 58.2 Å². The zero-order chi connectivity index (χ0) is 17.3. The minimum absolute atomic E-state index is 0.0837. The van der Waals surface area contributed by atoms with E-state index in [1.165, 1.54) is 0 Å². The van der Waals surface area contributed by atoms with E-state index in [9.17, 15) is 9.59 Å². The molecule has 2 aromatic carbocycles. The molecular weight excluding hydrogens is 368 g/mol. The van der Waals surface area contributed by atoms with Gasteiger partial charge in [-0.25, -0.2) is 0 Å². The Morgan fingerprint density at radius 1 is 0.958 bits per heavy atom. The number of amides is 2. The molecule has 1 aliphatic carbocycles. The molecule has 1 aliphatic rings. The number of rotatable bonds is 4. The van der Waals surface area contributed by atoms with Crippen LogP contribution in [0.15, 0.2) is 46.9 Å². The lowest BCUT2D eigenvalue weighted by molar-refractivity contribution is -0.122. The van der Waals surface area contributed by atoms with Crippen molar-refractivity contribution in [1.82, 2.24) is 0 Å². The van der Waals surface area contributed by atoms with E-state index >= 15 is 0 Å². The van der Waals surface area contributed by atoms with Crippen molar-refractivity contribution in [1.29, 1.82) is 0 Å². The first-order chi connectivity index (χ1) is 11.5. The number of hydrogen-bond donors (Lipinski definition) is 2. The van der Waals surface area contributed by atoms with Crippen molar-refractivity contribution in [2.75, 3.05) is 10.6 Å². The Morgan fingerprint density at radius 2 is 1.58 bits per heavy atom. The van der Waals surface area contributed by atoms with Gasteiger partial charge in [-0.05, 0) is 61.7 Å². The van der Waals surface area contributed by atoms with Gasteiger partial charge in [0.1, 0.15) is 0 Å². The summed E-state index contributed by atoms with van der Waals surface area (Å²) >= 11 is 3.36. The Labute approximate surface area is 149 Å². The highest BCUT2D eigenvalue weighted by Gasteiger charge is 2.48. The zero-order valence-electron chi connectivity index (χ0n) is 13.6. The second-order valence-electron chi connectivity index (χ2n) is 6.18. The van der Waals surface area contributed by atoms with Gasteiger partial charge in [-0.15, -0.1) is 0 Å². The maximum atomic E-state index is 12.4. The van der Waals surface area contributed by atoms with E-state index in [1.807, 2.05) is 56.3 Å². The first kappa shape index (κ1) is 16.7. The molecular formula is C19H19BrN2O2. The number of halogens is 1. The summed E-state index contributed by atoms with van der Waals surface area (Å²) < 4.78 is 0.956. The smallest absolute Gasteiger partial charge is 0.228 e. The van der Waals surface area contributed by atoms with Gasteiger partial charge in [0.2, 0.25) is 11.8 Å². The Kier molecular flexibility index (Phi) is 4.71. The number of nitrogens with one attached hydrogen (secondary N) is 2. The van der Waals surface area contributed by atoms with Crippen LogP contribution < -0.4 is 10.6 Å². The fourth-order valence-corrected chi connectivity index (χ4v) is 2.92. The summed E-state index contributed by atoms with van der Waals surface area (Å²) in [6.45, 7) is 3.99. The lowest BCUT2D eigenvalue weighted by Gasteiger charge is -2.10. The van der Waals surface area contributed by atoms with Crippen LogP contribution in [0, 0.1) is 25.7 Å². The molecule has 0 aliphatic heterocycles. The number of aryl methyl sites for hydroxylation is 1. The monoisotopic (exact) mass is 386 g/mol. The molecule has 0 bridgehead atoms. The Morgan fingerprint density at radius 3 is 2.25 bits per heavy atom. The van der Waals surface area contributed by atoms with E-state index in [1.54, 1.807) is 0 Å². The average molecular weight is 387 g/mol. The highest BCUT2D eigenvalue weighted by molar-refractivity contribution is 9.10. The van der Waals surface area contributed by atoms with E-state index in [-0.39, 0.29) is 23.7 Å². The van der Waals surface area contributed by atoms with Gasteiger partial charge in [0.05, 0.1) is 11.8 Å². The lowest BCUT2D eigenvalue weighted by atomic mass is 10.1. The van der Waals surface area contributed by atoms with Crippen molar-refractivity contribution in [3.63, 3.8) is 0 Å². The molecule has 2 unspecified atom stereocenters. The van der Waals surface area contributed by atoms with Crippen LogP contribution in [0.25, 0.3) is 0 Å². The molecule has 0 saturated heterocycles. The van der Waals surface area contributed by atoms with Crippen molar-refractivity contribution in [3.05, 3.63) is 58.1 Å². The second kappa shape index (κ2) is 6.77. The first-order valence-electron chi connectivity index (χ1n) is 7.89. The molecule has 1 fully saturated rings. The molecule has 2 N–H and O–H groups in total. The SMILES string of the molecule is Cc1cccc(NC(=O)C2CC2C(=O)Nc2ccc(Br)cc2)c1C. The number of anilines is 2. The van der Waals surface area contributed by atoms with Gasteiger partial charge >= 0.3 is 0 Å². The molecule has 5 heteroatoms. The first-order valence-corrected chi connectivity index (χ1v) is 8.68.